The molecule has 4 heterocycles. The molecule has 172 valence electrons. The van der Waals surface area contributed by atoms with Crippen LogP contribution in [0.15, 0.2) is 10.6 Å². The Morgan fingerprint density at radius 3 is 2.61 bits per heavy atom. The fourth-order valence-corrected chi connectivity index (χ4v) is 7.22. The van der Waals surface area contributed by atoms with E-state index in [1.54, 1.807) is 6.92 Å². The summed E-state index contributed by atoms with van der Waals surface area (Å²) in [6.45, 7) is 6.23. The number of carbonyl (C=O) groups is 3. The molecule has 5 unspecified atom stereocenters. The standard InChI is InChI=1S/C21H32N4O5S/c1-10-16-15(11(2)26)20(28)25(16)17(21(29)30)18(10)31-13-6-14(23(3)9-13)19(27)24-5-4-12(7-22)8-24/h10-16,26H,4-9,22H2,1-3H3,(H,29,30)/t10?,11-,12?,13+,14?,15?,16?/m1/s1. The minimum absolute atomic E-state index is 0.0483. The van der Waals surface area contributed by atoms with Crippen molar-refractivity contribution in [2.45, 2.75) is 50.1 Å². The first-order valence-electron chi connectivity index (χ1n) is 11.0. The summed E-state index contributed by atoms with van der Waals surface area (Å²) in [5.41, 5.74) is 5.81. The molecule has 10 heteroatoms. The van der Waals surface area contributed by atoms with E-state index in [9.17, 15) is 24.6 Å². The molecule has 0 aromatic rings. The number of hydrogen-bond donors (Lipinski definition) is 3. The number of likely N-dealkylation sites (tertiary alicyclic amines) is 2. The number of aliphatic carboxylic acids is 1. The van der Waals surface area contributed by atoms with Crippen molar-refractivity contribution in [1.82, 2.24) is 14.7 Å². The van der Waals surface area contributed by atoms with Gasteiger partial charge in [0.05, 0.1) is 24.1 Å². The minimum atomic E-state index is -1.11. The van der Waals surface area contributed by atoms with Crippen LogP contribution in [-0.2, 0) is 14.4 Å². The Balaban J connectivity index is 1.47. The van der Waals surface area contributed by atoms with Gasteiger partial charge in [-0.2, -0.15) is 0 Å². The van der Waals surface area contributed by atoms with Crippen LogP contribution in [0.1, 0.15) is 26.7 Å². The second-order valence-corrected chi connectivity index (χ2v) is 10.7. The third-order valence-electron chi connectivity index (χ3n) is 7.33. The monoisotopic (exact) mass is 452 g/mol. The highest BCUT2D eigenvalue weighted by molar-refractivity contribution is 8.03. The number of β-lactam (4-membered cyclic amide) rings is 1. The van der Waals surface area contributed by atoms with E-state index in [1.165, 1.54) is 16.7 Å². The minimum Gasteiger partial charge on any atom is -0.477 e. The maximum absolute atomic E-state index is 13.1. The molecule has 4 N–H and O–H groups in total. The van der Waals surface area contributed by atoms with Crippen molar-refractivity contribution < 1.29 is 24.6 Å². The number of aliphatic hydroxyl groups excluding tert-OH is 1. The van der Waals surface area contributed by atoms with Gasteiger partial charge in [-0.05, 0) is 39.3 Å². The van der Waals surface area contributed by atoms with Crippen LogP contribution in [0.2, 0.25) is 0 Å². The lowest BCUT2D eigenvalue weighted by molar-refractivity contribution is -0.163. The van der Waals surface area contributed by atoms with Crippen LogP contribution >= 0.6 is 11.8 Å². The maximum atomic E-state index is 13.1. The molecule has 0 aromatic heterocycles. The van der Waals surface area contributed by atoms with Crippen molar-refractivity contribution in [3.05, 3.63) is 10.6 Å². The molecule has 2 amide bonds. The number of hydrogen-bond acceptors (Lipinski definition) is 7. The molecule has 4 aliphatic rings. The molecule has 9 nitrogen and oxygen atoms in total. The number of carbonyl (C=O) groups excluding carboxylic acids is 2. The van der Waals surface area contributed by atoms with Gasteiger partial charge >= 0.3 is 5.97 Å². The fourth-order valence-electron chi connectivity index (χ4n) is 5.62. The van der Waals surface area contributed by atoms with E-state index in [2.05, 4.69) is 4.90 Å². The third-order valence-corrected chi connectivity index (χ3v) is 8.82. The van der Waals surface area contributed by atoms with Crippen LogP contribution in [0, 0.1) is 17.8 Å². The van der Waals surface area contributed by atoms with Crippen molar-refractivity contribution in [3.8, 4) is 0 Å². The molecule has 3 saturated heterocycles. The Bertz CT molecular complexity index is 818. The highest BCUT2D eigenvalue weighted by atomic mass is 32.2. The highest BCUT2D eigenvalue weighted by Gasteiger charge is 2.60. The molecule has 31 heavy (non-hydrogen) atoms. The lowest BCUT2D eigenvalue weighted by atomic mass is 9.79. The molecule has 3 fully saturated rings. The van der Waals surface area contributed by atoms with Gasteiger partial charge in [-0.1, -0.05) is 6.92 Å². The summed E-state index contributed by atoms with van der Waals surface area (Å²) in [4.78, 5) is 43.6. The van der Waals surface area contributed by atoms with E-state index in [1.807, 2.05) is 18.9 Å². The number of carboxylic acid groups (broad SMARTS) is 1. The number of fused-ring (bicyclic) bond motifs is 1. The van der Waals surface area contributed by atoms with E-state index in [0.29, 0.717) is 36.9 Å². The predicted octanol–water partition coefficient (Wildman–Crippen LogP) is -0.247. The average molecular weight is 453 g/mol. The second-order valence-electron chi connectivity index (χ2n) is 9.38. The summed E-state index contributed by atoms with van der Waals surface area (Å²) in [7, 11) is 1.93. The number of rotatable bonds is 6. The van der Waals surface area contributed by atoms with Gasteiger partial charge in [0.2, 0.25) is 11.8 Å². The number of thioether (sulfide) groups is 1. The molecule has 0 aliphatic carbocycles. The summed E-state index contributed by atoms with van der Waals surface area (Å²) >= 11 is 1.49. The number of carboxylic acids is 1. The van der Waals surface area contributed by atoms with Crippen molar-refractivity contribution in [2.75, 3.05) is 33.2 Å². The molecule has 0 aromatic carbocycles. The van der Waals surface area contributed by atoms with Gasteiger partial charge in [-0.3, -0.25) is 14.5 Å². The van der Waals surface area contributed by atoms with Gasteiger partial charge < -0.3 is 25.7 Å². The van der Waals surface area contributed by atoms with Crippen LogP contribution in [0.4, 0.5) is 0 Å². The summed E-state index contributed by atoms with van der Waals surface area (Å²) in [5, 5.41) is 19.9. The van der Waals surface area contributed by atoms with Gasteiger partial charge in [-0.15, -0.1) is 11.8 Å². The first-order chi connectivity index (χ1) is 14.6. The van der Waals surface area contributed by atoms with E-state index >= 15 is 0 Å². The number of likely N-dealkylation sites (N-methyl/N-ethyl adjacent to an activating group) is 1. The third kappa shape index (κ3) is 3.67. The predicted molar refractivity (Wildman–Crippen MR) is 116 cm³/mol. The molecular formula is C21H32N4O5S. The van der Waals surface area contributed by atoms with Gasteiger partial charge in [0.1, 0.15) is 5.70 Å². The van der Waals surface area contributed by atoms with Crippen LogP contribution in [0.5, 0.6) is 0 Å². The molecule has 7 atom stereocenters. The quantitative estimate of drug-likeness (QED) is 0.471. The van der Waals surface area contributed by atoms with Gasteiger partial charge in [0, 0.05) is 35.7 Å². The summed E-state index contributed by atoms with van der Waals surface area (Å²) < 4.78 is 0. The zero-order valence-electron chi connectivity index (χ0n) is 18.2. The number of amides is 2. The Kier molecular flexibility index (Phi) is 6.10. The molecule has 0 spiro atoms. The van der Waals surface area contributed by atoms with Gasteiger partial charge in [-0.25, -0.2) is 4.79 Å². The van der Waals surface area contributed by atoms with Crippen molar-refractivity contribution >= 4 is 29.5 Å². The van der Waals surface area contributed by atoms with Crippen LogP contribution in [0.25, 0.3) is 0 Å². The Morgan fingerprint density at radius 2 is 2.03 bits per heavy atom. The largest absolute Gasteiger partial charge is 0.477 e. The van der Waals surface area contributed by atoms with Gasteiger partial charge in [0.15, 0.2) is 0 Å². The van der Waals surface area contributed by atoms with Gasteiger partial charge in [0.25, 0.3) is 0 Å². The van der Waals surface area contributed by atoms with Crippen LogP contribution < -0.4 is 5.73 Å². The molecule has 0 radical (unpaired) electrons. The first kappa shape index (κ1) is 22.6. The lowest BCUT2D eigenvalue weighted by Gasteiger charge is -2.46. The molecule has 0 saturated carbocycles. The van der Waals surface area contributed by atoms with Crippen molar-refractivity contribution in [3.63, 3.8) is 0 Å². The first-order valence-corrected chi connectivity index (χ1v) is 11.9. The van der Waals surface area contributed by atoms with Crippen LogP contribution in [-0.4, -0.2) is 99.4 Å². The number of nitrogens with zero attached hydrogens (tertiary/aromatic N) is 3. The zero-order valence-corrected chi connectivity index (χ0v) is 19.0. The molecule has 4 aliphatic heterocycles. The molecule has 0 bridgehead atoms. The van der Waals surface area contributed by atoms with E-state index < -0.39 is 18.0 Å². The zero-order chi connectivity index (χ0) is 22.6. The summed E-state index contributed by atoms with van der Waals surface area (Å²) in [5.74, 6) is -1.65. The molecule has 4 rings (SSSR count). The Morgan fingerprint density at radius 1 is 1.32 bits per heavy atom. The fraction of sp³-hybridized carbons (Fsp3) is 0.762. The summed E-state index contributed by atoms with van der Waals surface area (Å²) in [6, 6.07) is -0.529. The van der Waals surface area contributed by atoms with E-state index in [0.717, 1.165) is 13.0 Å². The normalized spacial score (nSPS) is 36.7. The Labute approximate surface area is 186 Å². The second kappa shape index (κ2) is 8.38. The maximum Gasteiger partial charge on any atom is 0.353 e. The van der Waals surface area contributed by atoms with Crippen molar-refractivity contribution in [1.29, 1.82) is 0 Å². The number of nitrogens with two attached hydrogens (primary N) is 1. The van der Waals surface area contributed by atoms with E-state index in [-0.39, 0.29) is 40.8 Å². The highest BCUT2D eigenvalue weighted by Crippen LogP contribution is 2.52. The van der Waals surface area contributed by atoms with Crippen molar-refractivity contribution in [2.24, 2.45) is 23.5 Å². The Hall–Kier alpha value is -1.62. The average Bonchev–Trinajstić information content (AvgIpc) is 3.38. The SMILES string of the molecule is CC1C(S[C@H]2CC(C(=O)N3CCC(CN)C3)N(C)C2)=C(C(=O)O)N2C(=O)C([C@@H](C)O)C12. The van der Waals surface area contributed by atoms with Crippen LogP contribution in [0.3, 0.4) is 0 Å². The molecular weight excluding hydrogens is 420 g/mol. The topological polar surface area (TPSA) is 127 Å². The smallest absolute Gasteiger partial charge is 0.353 e. The summed E-state index contributed by atoms with van der Waals surface area (Å²) in [6.07, 6.45) is 0.776. The number of aliphatic hydroxyl groups is 1. The van der Waals surface area contributed by atoms with E-state index in [4.69, 9.17) is 5.73 Å². The lowest BCUT2D eigenvalue weighted by Crippen LogP contribution is -2.63.